The van der Waals surface area contributed by atoms with Crippen LogP contribution in [0.15, 0.2) is 30.6 Å². The zero-order valence-electron chi connectivity index (χ0n) is 15.9. The Kier molecular flexibility index (Phi) is 5.08. The van der Waals surface area contributed by atoms with Gasteiger partial charge in [-0.15, -0.1) is 11.8 Å². The van der Waals surface area contributed by atoms with Crippen molar-refractivity contribution in [1.82, 2.24) is 19.7 Å². The van der Waals surface area contributed by atoms with E-state index in [0.29, 0.717) is 23.5 Å². The van der Waals surface area contributed by atoms with E-state index in [0.717, 1.165) is 43.2 Å². The molecule has 140 valence electrons. The van der Waals surface area contributed by atoms with Gasteiger partial charge in [0.1, 0.15) is 0 Å². The maximum atomic E-state index is 6.14. The number of hydrogen-bond donors (Lipinski definition) is 0. The van der Waals surface area contributed by atoms with Crippen LogP contribution in [0.1, 0.15) is 43.3 Å². The molecule has 4 heterocycles. The smallest absolute Gasteiger partial charge is 0.0892 e. The van der Waals surface area contributed by atoms with Gasteiger partial charge in [-0.2, -0.15) is 5.10 Å². The second kappa shape index (κ2) is 7.33. The van der Waals surface area contributed by atoms with Crippen molar-refractivity contribution in [1.29, 1.82) is 0 Å². The summed E-state index contributed by atoms with van der Waals surface area (Å²) in [5.74, 6) is 1.10. The van der Waals surface area contributed by atoms with Gasteiger partial charge in [0.15, 0.2) is 0 Å². The zero-order chi connectivity index (χ0) is 18.1. The van der Waals surface area contributed by atoms with Gasteiger partial charge in [-0.05, 0) is 39.3 Å². The minimum absolute atomic E-state index is 0.355. The van der Waals surface area contributed by atoms with E-state index in [-0.39, 0.29) is 0 Å². The molecule has 1 atom stereocenters. The molecule has 1 unspecified atom stereocenters. The van der Waals surface area contributed by atoms with Crippen molar-refractivity contribution in [3.8, 4) is 0 Å². The van der Waals surface area contributed by atoms with E-state index in [4.69, 9.17) is 4.74 Å². The third-order valence-electron chi connectivity index (χ3n) is 5.20. The monoisotopic (exact) mass is 372 g/mol. The second-order valence-corrected chi connectivity index (χ2v) is 9.46. The summed E-state index contributed by atoms with van der Waals surface area (Å²) in [5.41, 5.74) is 3.40. The molecule has 0 amide bonds. The van der Waals surface area contributed by atoms with Crippen molar-refractivity contribution in [3.63, 3.8) is 0 Å². The normalized spacial score (nSPS) is 22.2. The predicted molar refractivity (Wildman–Crippen MR) is 105 cm³/mol. The fraction of sp³-hybridized carbons (Fsp3) is 0.600. The maximum absolute atomic E-state index is 6.14. The molecule has 1 spiro atoms. The van der Waals surface area contributed by atoms with E-state index in [2.05, 4.69) is 52.9 Å². The van der Waals surface area contributed by atoms with Gasteiger partial charge in [0.25, 0.3) is 0 Å². The van der Waals surface area contributed by atoms with Crippen LogP contribution in [0, 0.1) is 6.92 Å². The quantitative estimate of drug-likeness (QED) is 0.777. The summed E-state index contributed by atoms with van der Waals surface area (Å²) < 4.78 is 8.58. The number of pyridine rings is 1. The number of ether oxygens (including phenoxy) is 1. The second-order valence-electron chi connectivity index (χ2n) is 7.97. The maximum Gasteiger partial charge on any atom is 0.0892 e. The Bertz CT molecular complexity index is 754. The number of thioether (sulfide) groups is 1. The molecular formula is C20H28N4OS. The average Bonchev–Trinajstić information content (AvgIpc) is 3.20. The SMILES string of the molecule is Cc1cccc(COC2CSC3(C2)CN(Cc2cnn(C(C)C)c2)C3)n1. The van der Waals surface area contributed by atoms with Crippen molar-refractivity contribution in [2.24, 2.45) is 0 Å². The first-order chi connectivity index (χ1) is 12.5. The molecule has 0 aromatic carbocycles. The molecule has 0 bridgehead atoms. The van der Waals surface area contributed by atoms with Crippen LogP contribution >= 0.6 is 11.8 Å². The molecule has 2 aliphatic heterocycles. The first-order valence-corrected chi connectivity index (χ1v) is 10.4. The lowest BCUT2D eigenvalue weighted by Gasteiger charge is -2.47. The minimum atomic E-state index is 0.355. The summed E-state index contributed by atoms with van der Waals surface area (Å²) in [6.45, 7) is 10.3. The van der Waals surface area contributed by atoms with Gasteiger partial charge in [0.2, 0.25) is 0 Å². The highest BCUT2D eigenvalue weighted by Crippen LogP contribution is 2.46. The molecule has 0 radical (unpaired) electrons. The zero-order valence-corrected chi connectivity index (χ0v) is 16.7. The van der Waals surface area contributed by atoms with Gasteiger partial charge in [-0.3, -0.25) is 14.6 Å². The third-order valence-corrected chi connectivity index (χ3v) is 6.78. The summed E-state index contributed by atoms with van der Waals surface area (Å²) in [5, 5.41) is 4.45. The molecule has 4 rings (SSSR count). The largest absolute Gasteiger partial charge is 0.371 e. The first-order valence-electron chi connectivity index (χ1n) is 9.45. The molecule has 2 aliphatic rings. The Balaban J connectivity index is 1.23. The fourth-order valence-electron chi connectivity index (χ4n) is 3.89. The lowest BCUT2D eigenvalue weighted by molar-refractivity contribution is 0.0250. The Morgan fingerprint density at radius 3 is 2.92 bits per heavy atom. The van der Waals surface area contributed by atoms with Crippen LogP contribution in [-0.4, -0.2) is 49.4 Å². The van der Waals surface area contributed by atoms with Crippen molar-refractivity contribution in [2.75, 3.05) is 18.8 Å². The van der Waals surface area contributed by atoms with E-state index >= 15 is 0 Å². The van der Waals surface area contributed by atoms with Crippen LogP contribution in [-0.2, 0) is 17.9 Å². The van der Waals surface area contributed by atoms with Gasteiger partial charge in [0.05, 0.1) is 24.6 Å². The molecule has 2 aromatic rings. The highest BCUT2D eigenvalue weighted by molar-refractivity contribution is 8.01. The van der Waals surface area contributed by atoms with Crippen molar-refractivity contribution >= 4 is 11.8 Å². The molecule has 26 heavy (non-hydrogen) atoms. The summed E-state index contributed by atoms with van der Waals surface area (Å²) in [7, 11) is 0. The lowest BCUT2D eigenvalue weighted by Crippen LogP contribution is -2.58. The van der Waals surface area contributed by atoms with Gasteiger partial charge < -0.3 is 4.74 Å². The highest BCUT2D eigenvalue weighted by Gasteiger charge is 2.49. The van der Waals surface area contributed by atoms with Crippen LogP contribution in [0.3, 0.4) is 0 Å². The standard InChI is InChI=1S/C20H28N4OS/c1-15(2)24-10-17(8-21-24)9-23-13-20(14-23)7-19(12-26-20)25-11-18-6-4-5-16(3)22-18/h4-6,8,10,15,19H,7,9,11-14H2,1-3H3. The van der Waals surface area contributed by atoms with Crippen molar-refractivity contribution < 1.29 is 4.74 Å². The number of likely N-dealkylation sites (tertiary alicyclic amines) is 1. The molecule has 6 heteroatoms. The number of rotatable bonds is 6. The first kappa shape index (κ1) is 18.0. The number of nitrogens with zero attached hydrogens (tertiary/aromatic N) is 4. The summed E-state index contributed by atoms with van der Waals surface area (Å²) in [6, 6.07) is 6.56. The number of hydrogen-bond acceptors (Lipinski definition) is 5. The van der Waals surface area contributed by atoms with Crippen LogP contribution in [0.25, 0.3) is 0 Å². The summed E-state index contributed by atoms with van der Waals surface area (Å²) in [6.07, 6.45) is 5.70. The summed E-state index contributed by atoms with van der Waals surface area (Å²) in [4.78, 5) is 7.06. The van der Waals surface area contributed by atoms with Crippen LogP contribution in [0.5, 0.6) is 0 Å². The molecule has 2 saturated heterocycles. The van der Waals surface area contributed by atoms with E-state index < -0.39 is 0 Å². The number of aromatic nitrogens is 3. The van der Waals surface area contributed by atoms with Crippen molar-refractivity contribution in [3.05, 3.63) is 47.5 Å². The van der Waals surface area contributed by atoms with E-state index in [1.807, 2.05) is 29.9 Å². The Morgan fingerprint density at radius 2 is 2.19 bits per heavy atom. The Morgan fingerprint density at radius 1 is 1.35 bits per heavy atom. The van der Waals surface area contributed by atoms with Gasteiger partial charge in [-0.1, -0.05) is 6.07 Å². The molecular weight excluding hydrogens is 344 g/mol. The molecule has 5 nitrogen and oxygen atoms in total. The minimum Gasteiger partial charge on any atom is -0.371 e. The highest BCUT2D eigenvalue weighted by atomic mass is 32.2. The molecule has 0 N–H and O–H groups in total. The molecule has 0 saturated carbocycles. The molecule has 0 aliphatic carbocycles. The van der Waals surface area contributed by atoms with Gasteiger partial charge >= 0.3 is 0 Å². The molecule has 2 aromatic heterocycles. The van der Waals surface area contributed by atoms with Crippen LogP contribution in [0.2, 0.25) is 0 Å². The molecule has 2 fully saturated rings. The van der Waals surface area contributed by atoms with Crippen LogP contribution in [0.4, 0.5) is 0 Å². The van der Waals surface area contributed by atoms with E-state index in [1.54, 1.807) is 0 Å². The van der Waals surface area contributed by atoms with E-state index in [9.17, 15) is 0 Å². The van der Waals surface area contributed by atoms with Gasteiger partial charge in [0, 0.05) is 53.6 Å². The third kappa shape index (κ3) is 3.97. The van der Waals surface area contributed by atoms with Crippen molar-refractivity contribution in [2.45, 2.75) is 57.2 Å². The Hall–Kier alpha value is -1.37. The van der Waals surface area contributed by atoms with Gasteiger partial charge in [-0.25, -0.2) is 0 Å². The average molecular weight is 373 g/mol. The van der Waals surface area contributed by atoms with Crippen LogP contribution < -0.4 is 0 Å². The summed E-state index contributed by atoms with van der Waals surface area (Å²) >= 11 is 2.09. The fourth-order valence-corrected chi connectivity index (χ4v) is 5.50. The Labute approximate surface area is 160 Å². The topological polar surface area (TPSA) is 43.2 Å². The predicted octanol–water partition coefficient (Wildman–Crippen LogP) is 3.44. The van der Waals surface area contributed by atoms with E-state index in [1.165, 1.54) is 5.56 Å². The number of aryl methyl sites for hydroxylation is 1. The lowest BCUT2D eigenvalue weighted by atomic mass is 9.92.